The maximum Gasteiger partial charge on any atom is 0.490 e. The first kappa shape index (κ1) is 22.7. The number of carbonyl (C=O) groups is 1. The Morgan fingerprint density at radius 2 is 2.10 bits per heavy atom. The van der Waals surface area contributed by atoms with Crippen molar-refractivity contribution in [2.75, 3.05) is 13.2 Å². The van der Waals surface area contributed by atoms with E-state index in [0.29, 0.717) is 12.1 Å². The molecule has 1 aliphatic carbocycles. The van der Waals surface area contributed by atoms with Crippen LogP contribution in [0.1, 0.15) is 29.8 Å². The van der Waals surface area contributed by atoms with Crippen LogP contribution < -0.4 is 0 Å². The Morgan fingerprint density at radius 3 is 2.63 bits per heavy atom. The Kier molecular flexibility index (Phi) is 7.48. The van der Waals surface area contributed by atoms with Gasteiger partial charge >= 0.3 is 12.1 Å². The largest absolute Gasteiger partial charge is 0.490 e. The number of carboxylic acids is 1. The van der Waals surface area contributed by atoms with Gasteiger partial charge in [0.05, 0.1) is 18.8 Å². The van der Waals surface area contributed by atoms with Gasteiger partial charge in [-0.05, 0) is 37.2 Å². The highest BCUT2D eigenvalue weighted by molar-refractivity contribution is 7.09. The summed E-state index contributed by atoms with van der Waals surface area (Å²) in [5.74, 6) is -1.94. The molecule has 2 aliphatic rings. The van der Waals surface area contributed by atoms with E-state index < -0.39 is 12.1 Å². The van der Waals surface area contributed by atoms with E-state index in [2.05, 4.69) is 26.6 Å². The first-order valence-corrected chi connectivity index (χ1v) is 10.6. The summed E-state index contributed by atoms with van der Waals surface area (Å²) in [7, 11) is 1.98. The van der Waals surface area contributed by atoms with Crippen molar-refractivity contribution >= 4 is 17.3 Å². The molecule has 1 saturated carbocycles. The Labute approximate surface area is 176 Å². The van der Waals surface area contributed by atoms with E-state index >= 15 is 0 Å². The van der Waals surface area contributed by atoms with E-state index in [1.807, 2.05) is 24.1 Å². The van der Waals surface area contributed by atoms with Gasteiger partial charge in [0.15, 0.2) is 0 Å². The van der Waals surface area contributed by atoms with Crippen molar-refractivity contribution in [3.8, 4) is 0 Å². The fraction of sp³-hybridized carbons (Fsp3) is 0.632. The van der Waals surface area contributed by atoms with Gasteiger partial charge in [0.1, 0.15) is 5.01 Å². The van der Waals surface area contributed by atoms with Crippen LogP contribution in [0.15, 0.2) is 24.0 Å². The Hall–Kier alpha value is -1.98. The third-order valence-electron chi connectivity index (χ3n) is 5.11. The van der Waals surface area contributed by atoms with Crippen LogP contribution in [0.5, 0.6) is 0 Å². The van der Waals surface area contributed by atoms with E-state index in [1.165, 1.54) is 23.4 Å². The molecule has 2 atom stereocenters. The first-order chi connectivity index (χ1) is 14.2. The summed E-state index contributed by atoms with van der Waals surface area (Å²) in [5.41, 5.74) is 1.29. The number of thiazole rings is 1. The van der Waals surface area contributed by atoms with Crippen LogP contribution in [0, 0.1) is 5.92 Å². The average Bonchev–Trinajstić information content (AvgIpc) is 3.02. The molecule has 0 spiro atoms. The summed E-state index contributed by atoms with van der Waals surface area (Å²) < 4.78 is 39.9. The van der Waals surface area contributed by atoms with E-state index in [9.17, 15) is 13.2 Å². The maximum atomic E-state index is 10.6. The molecule has 3 heterocycles. The molecule has 0 unspecified atom stereocenters. The maximum absolute atomic E-state index is 10.6. The summed E-state index contributed by atoms with van der Waals surface area (Å²) in [6.45, 7) is 2.98. The molecule has 0 amide bonds. The second-order valence-electron chi connectivity index (χ2n) is 7.60. The molecule has 11 heteroatoms. The second kappa shape index (κ2) is 9.88. The van der Waals surface area contributed by atoms with Crippen LogP contribution in [0.4, 0.5) is 13.2 Å². The minimum atomic E-state index is -5.08. The third kappa shape index (κ3) is 6.78. The lowest BCUT2D eigenvalue weighted by Gasteiger charge is -2.27. The number of aryl methyl sites for hydroxylation is 1. The van der Waals surface area contributed by atoms with Gasteiger partial charge < -0.3 is 9.84 Å². The van der Waals surface area contributed by atoms with Crippen molar-refractivity contribution in [3.63, 3.8) is 0 Å². The molecule has 0 bridgehead atoms. The van der Waals surface area contributed by atoms with Gasteiger partial charge in [-0.1, -0.05) is 0 Å². The molecule has 2 fully saturated rings. The molecule has 1 aliphatic heterocycles. The number of aromatic nitrogens is 3. The quantitative estimate of drug-likeness (QED) is 0.704. The minimum Gasteiger partial charge on any atom is -0.475 e. The topological polar surface area (TPSA) is 80.5 Å². The third-order valence-corrected chi connectivity index (χ3v) is 5.87. The highest BCUT2D eigenvalue weighted by Gasteiger charge is 2.38. The molecule has 1 N–H and O–H groups in total. The predicted octanol–water partition coefficient (Wildman–Crippen LogP) is 3.12. The summed E-state index contributed by atoms with van der Waals surface area (Å²) in [4.78, 5) is 15.9. The number of hydrogen-bond donors (Lipinski definition) is 1. The second-order valence-corrected chi connectivity index (χ2v) is 8.58. The number of rotatable bonds is 7. The van der Waals surface area contributed by atoms with Gasteiger partial charge in [-0.15, -0.1) is 11.3 Å². The molecular formula is C19H25F3N4O3S. The zero-order valence-corrected chi connectivity index (χ0v) is 17.4. The van der Waals surface area contributed by atoms with Gasteiger partial charge in [0.2, 0.25) is 0 Å². The minimum absolute atomic E-state index is 0.343. The number of alkyl halides is 3. The van der Waals surface area contributed by atoms with E-state index in [-0.39, 0.29) is 0 Å². The van der Waals surface area contributed by atoms with Crippen LogP contribution in [0.3, 0.4) is 0 Å². The highest BCUT2D eigenvalue weighted by Crippen LogP contribution is 2.32. The standard InChI is InChI=1S/C17H24N4OS.C2HF3O2/c1-20-10-14(9-19-20)8-15-16(22-12-13-2-3-13)4-6-21(15)11-17-18-5-7-23-17;3-2(4,5)1(6)7/h5,7,9-10,13,15-16H,2-4,6,8,11-12H2,1H3;(H,6,7)/t15-,16+;/m0./s1. The van der Waals surface area contributed by atoms with Crippen molar-refractivity contribution in [1.29, 1.82) is 0 Å². The van der Waals surface area contributed by atoms with E-state index in [1.54, 1.807) is 11.3 Å². The van der Waals surface area contributed by atoms with Crippen molar-refractivity contribution < 1.29 is 27.8 Å². The summed E-state index contributed by atoms with van der Waals surface area (Å²) >= 11 is 1.74. The lowest BCUT2D eigenvalue weighted by Crippen LogP contribution is -2.38. The number of likely N-dealkylation sites (tertiary alicyclic amines) is 1. The van der Waals surface area contributed by atoms with Gasteiger partial charge in [-0.25, -0.2) is 9.78 Å². The molecule has 0 aromatic carbocycles. The molecule has 2 aromatic rings. The smallest absolute Gasteiger partial charge is 0.475 e. The SMILES string of the molecule is Cn1cc(C[C@H]2[C@H](OCC3CC3)CCN2Cc2nccs2)cn1.O=C(O)C(F)(F)F. The van der Waals surface area contributed by atoms with E-state index in [4.69, 9.17) is 14.6 Å². The molecule has 7 nitrogen and oxygen atoms in total. The Bertz CT molecular complexity index is 808. The summed E-state index contributed by atoms with van der Waals surface area (Å²) in [6.07, 6.45) is 6.10. The van der Waals surface area contributed by atoms with E-state index in [0.717, 1.165) is 38.5 Å². The number of nitrogens with zero attached hydrogens (tertiary/aromatic N) is 4. The summed E-state index contributed by atoms with van der Waals surface area (Å²) in [5, 5.41) is 14.7. The highest BCUT2D eigenvalue weighted by atomic mass is 32.1. The van der Waals surface area contributed by atoms with Crippen molar-refractivity contribution in [3.05, 3.63) is 34.5 Å². The van der Waals surface area contributed by atoms with Crippen LogP contribution in [0.2, 0.25) is 0 Å². The fourth-order valence-corrected chi connectivity index (χ4v) is 4.05. The lowest BCUT2D eigenvalue weighted by atomic mass is 10.0. The molecule has 4 rings (SSSR count). The van der Waals surface area contributed by atoms with Gasteiger partial charge in [-0.3, -0.25) is 9.58 Å². The van der Waals surface area contributed by atoms with Gasteiger partial charge in [0.25, 0.3) is 0 Å². The van der Waals surface area contributed by atoms with Crippen LogP contribution >= 0.6 is 11.3 Å². The first-order valence-electron chi connectivity index (χ1n) is 9.74. The molecule has 1 saturated heterocycles. The molecule has 30 heavy (non-hydrogen) atoms. The normalized spacial score (nSPS) is 22.0. The average molecular weight is 446 g/mol. The van der Waals surface area contributed by atoms with Crippen molar-refractivity contribution in [2.24, 2.45) is 13.0 Å². The van der Waals surface area contributed by atoms with Gasteiger partial charge in [0, 0.05) is 44.0 Å². The molecule has 2 aromatic heterocycles. The van der Waals surface area contributed by atoms with Crippen LogP contribution in [-0.4, -0.2) is 62.2 Å². The fourth-order valence-electron chi connectivity index (χ4n) is 3.41. The van der Waals surface area contributed by atoms with Crippen molar-refractivity contribution in [2.45, 2.75) is 50.6 Å². The van der Waals surface area contributed by atoms with Crippen LogP contribution in [0.25, 0.3) is 0 Å². The molecule has 166 valence electrons. The number of ether oxygens (including phenoxy) is 1. The number of carboxylic acid groups (broad SMARTS) is 1. The number of halogens is 3. The number of aliphatic carboxylic acids is 1. The Morgan fingerprint density at radius 1 is 1.37 bits per heavy atom. The number of hydrogen-bond acceptors (Lipinski definition) is 6. The van der Waals surface area contributed by atoms with Crippen LogP contribution in [-0.2, 0) is 29.5 Å². The van der Waals surface area contributed by atoms with Gasteiger partial charge in [-0.2, -0.15) is 18.3 Å². The Balaban J connectivity index is 0.000000318. The van der Waals surface area contributed by atoms with Crippen molar-refractivity contribution in [1.82, 2.24) is 19.7 Å². The predicted molar refractivity (Wildman–Crippen MR) is 104 cm³/mol. The monoisotopic (exact) mass is 446 g/mol. The zero-order chi connectivity index (χ0) is 21.7. The summed E-state index contributed by atoms with van der Waals surface area (Å²) in [6, 6.07) is 0.432. The zero-order valence-electron chi connectivity index (χ0n) is 16.6. The lowest BCUT2D eigenvalue weighted by molar-refractivity contribution is -0.192. The molecular weight excluding hydrogens is 421 g/mol. The molecule has 0 radical (unpaired) electrons.